The molecule has 35 heavy (non-hydrogen) atoms. The average Bonchev–Trinajstić information content (AvgIpc) is 3.58. The molecule has 7 aromatic rings. The van der Waals surface area contributed by atoms with Gasteiger partial charge in [-0.1, -0.05) is 66.7 Å². The molecule has 0 saturated carbocycles. The monoisotopic (exact) mass is 467 g/mol. The predicted molar refractivity (Wildman–Crippen MR) is 150 cm³/mol. The van der Waals surface area contributed by atoms with Gasteiger partial charge in [-0.2, -0.15) is 0 Å². The summed E-state index contributed by atoms with van der Waals surface area (Å²) in [7, 11) is 0. The molecule has 0 spiro atoms. The fourth-order valence-electron chi connectivity index (χ4n) is 5.76. The summed E-state index contributed by atoms with van der Waals surface area (Å²) in [5.41, 5.74) is 5.99. The first-order chi connectivity index (χ1) is 17.4. The maximum Gasteiger partial charge on any atom is 0.187 e. The van der Waals surface area contributed by atoms with E-state index in [2.05, 4.69) is 130 Å². The van der Waals surface area contributed by atoms with Gasteiger partial charge in [-0.25, -0.2) is 0 Å². The molecule has 0 amide bonds. The van der Waals surface area contributed by atoms with Gasteiger partial charge in [0.25, 0.3) is 0 Å². The van der Waals surface area contributed by atoms with Crippen LogP contribution >= 0.6 is 11.3 Å². The van der Waals surface area contributed by atoms with Crippen molar-refractivity contribution in [3.8, 4) is 0 Å². The highest BCUT2D eigenvalue weighted by atomic mass is 32.1. The number of nitrogens with zero attached hydrogens (tertiary/aromatic N) is 2. The second kappa shape index (κ2) is 7.11. The molecule has 2 aromatic heterocycles. The molecule has 8 rings (SSSR count). The molecular formula is C31H21N3S. The third-order valence-electron chi connectivity index (χ3n) is 7.19. The molecule has 1 atom stereocenters. The maximum absolute atomic E-state index is 3.84. The third kappa shape index (κ3) is 2.60. The summed E-state index contributed by atoms with van der Waals surface area (Å²) in [5, 5.41) is 9.17. The SMILES string of the molecule is c1ccc(N2c3ccccc3NC2n2c3ccccc3c3c4c(ccc32)sc2ccccc24)cc1. The van der Waals surface area contributed by atoms with Crippen LogP contribution in [0.4, 0.5) is 17.1 Å². The Labute approximate surface area is 206 Å². The molecule has 1 N–H and O–H groups in total. The van der Waals surface area contributed by atoms with Crippen LogP contribution in [0.1, 0.15) is 6.29 Å². The van der Waals surface area contributed by atoms with E-state index in [9.17, 15) is 0 Å². The second-order valence-electron chi connectivity index (χ2n) is 9.06. The largest absolute Gasteiger partial charge is 0.346 e. The number of thiophene rings is 1. The van der Waals surface area contributed by atoms with Crippen molar-refractivity contribution in [1.82, 2.24) is 4.57 Å². The Morgan fingerprint density at radius 1 is 0.571 bits per heavy atom. The van der Waals surface area contributed by atoms with Gasteiger partial charge in [-0.3, -0.25) is 0 Å². The fourth-order valence-corrected chi connectivity index (χ4v) is 6.87. The zero-order valence-corrected chi connectivity index (χ0v) is 19.7. The lowest BCUT2D eigenvalue weighted by Crippen LogP contribution is -2.28. The van der Waals surface area contributed by atoms with Crippen molar-refractivity contribution in [1.29, 1.82) is 0 Å². The first kappa shape index (κ1) is 19.1. The second-order valence-corrected chi connectivity index (χ2v) is 10.1. The van der Waals surface area contributed by atoms with E-state index in [1.54, 1.807) is 0 Å². The Bertz CT molecular complexity index is 1900. The zero-order valence-electron chi connectivity index (χ0n) is 18.8. The van der Waals surface area contributed by atoms with Crippen molar-refractivity contribution in [2.75, 3.05) is 10.2 Å². The van der Waals surface area contributed by atoms with Crippen LogP contribution in [0.2, 0.25) is 0 Å². The minimum absolute atomic E-state index is 0.0838. The van der Waals surface area contributed by atoms with E-state index in [0.29, 0.717) is 0 Å². The molecule has 166 valence electrons. The van der Waals surface area contributed by atoms with Gasteiger partial charge in [0.05, 0.1) is 22.4 Å². The van der Waals surface area contributed by atoms with E-state index in [4.69, 9.17) is 0 Å². The molecule has 3 heterocycles. The molecule has 3 nitrogen and oxygen atoms in total. The Kier molecular flexibility index (Phi) is 3.87. The van der Waals surface area contributed by atoms with E-state index in [-0.39, 0.29) is 6.29 Å². The maximum atomic E-state index is 3.84. The highest BCUT2D eigenvalue weighted by molar-refractivity contribution is 7.26. The van der Waals surface area contributed by atoms with Crippen LogP contribution in [0.5, 0.6) is 0 Å². The molecule has 0 saturated heterocycles. The number of hydrogen-bond acceptors (Lipinski definition) is 3. The smallest absolute Gasteiger partial charge is 0.187 e. The molecule has 1 unspecified atom stereocenters. The zero-order chi connectivity index (χ0) is 22.9. The summed E-state index contributed by atoms with van der Waals surface area (Å²) in [6, 6.07) is 41.5. The quantitative estimate of drug-likeness (QED) is 0.274. The summed E-state index contributed by atoms with van der Waals surface area (Å²) in [6.07, 6.45) is -0.0838. The van der Waals surface area contributed by atoms with Gasteiger partial charge in [0.1, 0.15) is 0 Å². The van der Waals surface area contributed by atoms with Gasteiger partial charge in [0, 0.05) is 36.6 Å². The normalized spacial score (nSPS) is 15.3. The van der Waals surface area contributed by atoms with E-state index in [1.807, 2.05) is 11.3 Å². The molecule has 0 aliphatic carbocycles. The van der Waals surface area contributed by atoms with Crippen LogP contribution in [0.25, 0.3) is 42.0 Å². The Morgan fingerprint density at radius 2 is 1.31 bits per heavy atom. The summed E-state index contributed by atoms with van der Waals surface area (Å²) in [6.45, 7) is 0. The van der Waals surface area contributed by atoms with Crippen molar-refractivity contribution in [2.45, 2.75) is 6.29 Å². The number of benzene rings is 5. The number of para-hydroxylation sites is 4. The van der Waals surface area contributed by atoms with Crippen LogP contribution < -0.4 is 10.2 Å². The lowest BCUT2D eigenvalue weighted by Gasteiger charge is -2.29. The summed E-state index contributed by atoms with van der Waals surface area (Å²) >= 11 is 1.88. The van der Waals surface area contributed by atoms with Gasteiger partial charge < -0.3 is 14.8 Å². The minimum Gasteiger partial charge on any atom is -0.346 e. The van der Waals surface area contributed by atoms with Crippen LogP contribution in [0, 0.1) is 0 Å². The van der Waals surface area contributed by atoms with Crippen molar-refractivity contribution < 1.29 is 0 Å². The van der Waals surface area contributed by atoms with Gasteiger partial charge in [0.2, 0.25) is 0 Å². The van der Waals surface area contributed by atoms with Gasteiger partial charge in [-0.15, -0.1) is 11.3 Å². The highest BCUT2D eigenvalue weighted by Gasteiger charge is 2.33. The Hall–Kier alpha value is -4.28. The van der Waals surface area contributed by atoms with Crippen LogP contribution in [0.3, 0.4) is 0 Å². The Morgan fingerprint density at radius 3 is 2.23 bits per heavy atom. The number of aromatic nitrogens is 1. The average molecular weight is 468 g/mol. The predicted octanol–water partition coefficient (Wildman–Crippen LogP) is 8.88. The first-order valence-corrected chi connectivity index (χ1v) is 12.7. The van der Waals surface area contributed by atoms with Crippen molar-refractivity contribution in [3.63, 3.8) is 0 Å². The standard InChI is InChI=1S/C31H21N3S/c1-2-10-20(11-3-1)33-25-16-8-6-14-23(25)32-31(33)34-24-15-7-4-12-21(24)29-26(34)18-19-28-30(29)22-13-5-9-17-27(22)35-28/h1-19,31-32H. The lowest BCUT2D eigenvalue weighted by atomic mass is 10.1. The molecule has 0 radical (unpaired) electrons. The Balaban J connectivity index is 1.49. The topological polar surface area (TPSA) is 20.2 Å². The fraction of sp³-hybridized carbons (Fsp3) is 0.0323. The highest BCUT2D eigenvalue weighted by Crippen LogP contribution is 2.48. The molecule has 0 bridgehead atoms. The molecule has 1 aliphatic rings. The number of hydrogen-bond donors (Lipinski definition) is 1. The van der Waals surface area contributed by atoms with Crippen LogP contribution in [-0.2, 0) is 0 Å². The molecular weight excluding hydrogens is 446 g/mol. The van der Waals surface area contributed by atoms with Gasteiger partial charge in [-0.05, 0) is 48.5 Å². The van der Waals surface area contributed by atoms with Crippen LogP contribution in [0.15, 0.2) is 115 Å². The summed E-state index contributed by atoms with van der Waals surface area (Å²) in [5.74, 6) is 0. The number of anilines is 3. The summed E-state index contributed by atoms with van der Waals surface area (Å²) < 4.78 is 5.15. The van der Waals surface area contributed by atoms with Crippen LogP contribution in [-0.4, -0.2) is 4.57 Å². The van der Waals surface area contributed by atoms with Gasteiger partial charge in [0.15, 0.2) is 6.29 Å². The number of nitrogens with one attached hydrogen (secondary N) is 1. The van der Waals surface area contributed by atoms with E-state index in [0.717, 1.165) is 5.69 Å². The van der Waals surface area contributed by atoms with E-state index >= 15 is 0 Å². The molecule has 1 aliphatic heterocycles. The van der Waals surface area contributed by atoms with Gasteiger partial charge >= 0.3 is 0 Å². The number of rotatable bonds is 2. The summed E-state index contributed by atoms with van der Waals surface area (Å²) in [4.78, 5) is 2.41. The van der Waals surface area contributed by atoms with Crippen molar-refractivity contribution >= 4 is 70.4 Å². The minimum atomic E-state index is -0.0838. The van der Waals surface area contributed by atoms with Crippen molar-refractivity contribution in [2.24, 2.45) is 0 Å². The first-order valence-electron chi connectivity index (χ1n) is 11.9. The number of fused-ring (bicyclic) bond motifs is 8. The van der Waals surface area contributed by atoms with E-state index < -0.39 is 0 Å². The third-order valence-corrected chi connectivity index (χ3v) is 8.32. The molecule has 0 fully saturated rings. The van der Waals surface area contributed by atoms with E-state index in [1.165, 1.54) is 53.4 Å². The molecule has 5 aromatic carbocycles. The van der Waals surface area contributed by atoms with Crippen molar-refractivity contribution in [3.05, 3.63) is 115 Å². The lowest BCUT2D eigenvalue weighted by molar-refractivity contribution is 0.628. The molecule has 4 heteroatoms.